The van der Waals surface area contributed by atoms with Crippen LogP contribution >= 0.6 is 0 Å². The summed E-state index contributed by atoms with van der Waals surface area (Å²) in [4.78, 5) is 13.6. The number of nitrogens with zero attached hydrogens (tertiary/aromatic N) is 1. The number of piperidine rings is 1. The van der Waals surface area contributed by atoms with Crippen molar-refractivity contribution in [1.82, 2.24) is 10.2 Å². The average molecular weight is 256 g/mol. The number of amides is 2. The van der Waals surface area contributed by atoms with Gasteiger partial charge >= 0.3 is 6.03 Å². The molecule has 2 saturated heterocycles. The van der Waals surface area contributed by atoms with Crippen molar-refractivity contribution in [2.45, 2.75) is 50.7 Å². The monoisotopic (exact) mass is 256 g/mol. The van der Waals surface area contributed by atoms with Crippen molar-refractivity contribution in [1.29, 1.82) is 0 Å². The number of aliphatic hydroxyl groups is 1. The Balaban J connectivity index is 1.61. The lowest BCUT2D eigenvalue weighted by molar-refractivity contribution is 0.0116. The van der Waals surface area contributed by atoms with Crippen molar-refractivity contribution in [2.24, 2.45) is 0 Å². The molecule has 2 unspecified atom stereocenters. The molecule has 0 spiro atoms. The summed E-state index contributed by atoms with van der Waals surface area (Å²) in [5, 5.41) is 12.4. The molecular formula is C13H24N2O3. The molecule has 0 bridgehead atoms. The van der Waals surface area contributed by atoms with Gasteiger partial charge in [0, 0.05) is 26.2 Å². The van der Waals surface area contributed by atoms with E-state index in [-0.39, 0.29) is 12.1 Å². The van der Waals surface area contributed by atoms with Crippen molar-refractivity contribution in [2.75, 3.05) is 26.2 Å². The molecule has 2 amide bonds. The lowest BCUT2D eigenvalue weighted by Gasteiger charge is -2.30. The number of urea groups is 1. The third-order valence-electron chi connectivity index (χ3n) is 3.70. The molecule has 2 atom stereocenters. The second-order valence-corrected chi connectivity index (χ2v) is 5.25. The number of rotatable bonds is 3. The van der Waals surface area contributed by atoms with E-state index in [2.05, 4.69) is 5.32 Å². The van der Waals surface area contributed by atoms with Gasteiger partial charge in [0.25, 0.3) is 0 Å². The van der Waals surface area contributed by atoms with Crippen molar-refractivity contribution in [3.05, 3.63) is 0 Å². The summed E-state index contributed by atoms with van der Waals surface area (Å²) in [6.07, 6.45) is 6.04. The second-order valence-electron chi connectivity index (χ2n) is 5.25. The first-order chi connectivity index (χ1) is 8.75. The van der Waals surface area contributed by atoms with Crippen LogP contribution in [0, 0.1) is 0 Å². The summed E-state index contributed by atoms with van der Waals surface area (Å²) in [5.74, 6) is 0. The molecule has 0 aromatic heterocycles. The van der Waals surface area contributed by atoms with Crippen molar-refractivity contribution < 1.29 is 14.6 Å². The standard InChI is InChI=1S/C13H24N2O3/c16-11-4-3-8-15(10-11)13(17)14-7-6-12-5-1-2-9-18-12/h11-12,16H,1-10H2,(H,14,17). The van der Waals surface area contributed by atoms with Crippen molar-refractivity contribution in [3.8, 4) is 0 Å². The Labute approximate surface area is 108 Å². The van der Waals surface area contributed by atoms with Gasteiger partial charge in [-0.3, -0.25) is 0 Å². The van der Waals surface area contributed by atoms with E-state index < -0.39 is 0 Å². The minimum atomic E-state index is -0.355. The maximum absolute atomic E-state index is 11.8. The summed E-state index contributed by atoms with van der Waals surface area (Å²) in [6, 6.07) is -0.0513. The molecule has 0 aromatic carbocycles. The lowest BCUT2D eigenvalue weighted by atomic mass is 10.1. The molecule has 2 aliphatic heterocycles. The topological polar surface area (TPSA) is 61.8 Å². The van der Waals surface area contributed by atoms with Crippen molar-refractivity contribution in [3.63, 3.8) is 0 Å². The Hall–Kier alpha value is -0.810. The Morgan fingerprint density at radius 3 is 2.94 bits per heavy atom. The number of carbonyl (C=O) groups excluding carboxylic acids is 1. The summed E-state index contributed by atoms with van der Waals surface area (Å²) in [5.41, 5.74) is 0. The first-order valence-electron chi connectivity index (χ1n) is 7.08. The molecule has 2 N–H and O–H groups in total. The number of nitrogens with one attached hydrogen (secondary N) is 1. The fourth-order valence-electron chi connectivity index (χ4n) is 2.63. The van der Waals surface area contributed by atoms with E-state index in [1.807, 2.05) is 0 Å². The van der Waals surface area contributed by atoms with Gasteiger partial charge in [-0.25, -0.2) is 4.79 Å². The van der Waals surface area contributed by atoms with Gasteiger partial charge in [-0.2, -0.15) is 0 Å². The van der Waals surface area contributed by atoms with Crippen molar-refractivity contribution >= 4 is 6.03 Å². The number of aliphatic hydroxyl groups excluding tert-OH is 1. The number of ether oxygens (including phenoxy) is 1. The molecule has 5 nitrogen and oxygen atoms in total. The van der Waals surface area contributed by atoms with E-state index in [4.69, 9.17) is 4.74 Å². The summed E-state index contributed by atoms with van der Waals surface area (Å²) in [6.45, 7) is 2.74. The average Bonchev–Trinajstić information content (AvgIpc) is 2.40. The Bertz CT molecular complexity index is 267. The molecule has 2 rings (SSSR count). The molecule has 5 heteroatoms. The van der Waals surface area contributed by atoms with E-state index in [0.29, 0.717) is 19.2 Å². The van der Waals surface area contributed by atoms with Crippen LogP contribution in [0.3, 0.4) is 0 Å². The highest BCUT2D eigenvalue weighted by Gasteiger charge is 2.22. The number of hydrogen-bond donors (Lipinski definition) is 2. The first kappa shape index (κ1) is 13.6. The molecule has 18 heavy (non-hydrogen) atoms. The largest absolute Gasteiger partial charge is 0.391 e. The van der Waals surface area contributed by atoms with E-state index in [9.17, 15) is 9.90 Å². The molecule has 104 valence electrons. The van der Waals surface area contributed by atoms with E-state index in [0.717, 1.165) is 45.3 Å². The van der Waals surface area contributed by atoms with Gasteiger partial charge in [-0.1, -0.05) is 0 Å². The number of likely N-dealkylation sites (tertiary alicyclic amines) is 1. The normalized spacial score (nSPS) is 29.1. The van der Waals surface area contributed by atoms with Gasteiger partial charge in [0.1, 0.15) is 0 Å². The summed E-state index contributed by atoms with van der Waals surface area (Å²) in [7, 11) is 0. The summed E-state index contributed by atoms with van der Waals surface area (Å²) < 4.78 is 5.62. The molecule has 0 aromatic rings. The van der Waals surface area contributed by atoms with Crippen LogP contribution in [0.1, 0.15) is 38.5 Å². The van der Waals surface area contributed by atoms with Gasteiger partial charge in [0.05, 0.1) is 12.2 Å². The minimum absolute atomic E-state index is 0.0513. The van der Waals surface area contributed by atoms with Crippen LogP contribution in [0.15, 0.2) is 0 Å². The fourth-order valence-corrected chi connectivity index (χ4v) is 2.63. The quantitative estimate of drug-likeness (QED) is 0.795. The van der Waals surface area contributed by atoms with Crippen LogP contribution in [-0.2, 0) is 4.74 Å². The van der Waals surface area contributed by atoms with Crippen LogP contribution in [0.25, 0.3) is 0 Å². The van der Waals surface area contributed by atoms with Gasteiger partial charge < -0.3 is 20.1 Å². The zero-order valence-electron chi connectivity index (χ0n) is 10.9. The zero-order valence-corrected chi connectivity index (χ0v) is 10.9. The van der Waals surface area contributed by atoms with Crippen LogP contribution < -0.4 is 5.32 Å². The predicted molar refractivity (Wildman–Crippen MR) is 68.4 cm³/mol. The summed E-state index contributed by atoms with van der Waals surface area (Å²) >= 11 is 0. The van der Waals surface area contributed by atoms with Crippen LogP contribution in [0.4, 0.5) is 4.79 Å². The lowest BCUT2D eigenvalue weighted by Crippen LogP contribution is -2.47. The molecular weight excluding hydrogens is 232 g/mol. The third-order valence-corrected chi connectivity index (χ3v) is 3.70. The molecule has 2 fully saturated rings. The zero-order chi connectivity index (χ0) is 12.8. The molecule has 2 aliphatic rings. The Morgan fingerprint density at radius 1 is 1.33 bits per heavy atom. The number of β-amino-alcohol motifs (C(OH)–C–C–N with tert-alkyl or cyclic N) is 1. The third kappa shape index (κ3) is 4.14. The number of hydrogen-bond acceptors (Lipinski definition) is 3. The Kier molecular flexibility index (Phi) is 5.26. The van der Waals surface area contributed by atoms with Gasteiger partial charge in [0.2, 0.25) is 0 Å². The Morgan fingerprint density at radius 2 is 2.22 bits per heavy atom. The first-order valence-corrected chi connectivity index (χ1v) is 7.08. The number of carbonyl (C=O) groups is 1. The highest BCUT2D eigenvalue weighted by molar-refractivity contribution is 5.74. The second kappa shape index (κ2) is 6.95. The van der Waals surface area contributed by atoms with Gasteiger partial charge in [0.15, 0.2) is 0 Å². The van der Waals surface area contributed by atoms with Crippen LogP contribution in [0.2, 0.25) is 0 Å². The predicted octanol–water partition coefficient (Wildman–Crippen LogP) is 1.11. The molecule has 0 aliphatic carbocycles. The van der Waals surface area contributed by atoms with E-state index in [1.165, 1.54) is 6.42 Å². The van der Waals surface area contributed by atoms with Crippen LogP contribution in [0.5, 0.6) is 0 Å². The van der Waals surface area contributed by atoms with E-state index in [1.54, 1.807) is 4.90 Å². The van der Waals surface area contributed by atoms with Gasteiger partial charge in [-0.05, 0) is 38.5 Å². The van der Waals surface area contributed by atoms with Crippen LogP contribution in [-0.4, -0.2) is 54.5 Å². The highest BCUT2D eigenvalue weighted by Crippen LogP contribution is 2.15. The SMILES string of the molecule is O=C(NCCC1CCCCO1)N1CCCC(O)C1. The smallest absolute Gasteiger partial charge is 0.317 e. The fraction of sp³-hybridized carbons (Fsp3) is 0.923. The maximum atomic E-state index is 11.8. The highest BCUT2D eigenvalue weighted by atomic mass is 16.5. The molecule has 0 saturated carbocycles. The maximum Gasteiger partial charge on any atom is 0.317 e. The van der Waals surface area contributed by atoms with E-state index >= 15 is 0 Å². The molecule has 2 heterocycles. The minimum Gasteiger partial charge on any atom is -0.391 e. The van der Waals surface area contributed by atoms with Gasteiger partial charge in [-0.15, -0.1) is 0 Å². The molecule has 0 radical (unpaired) electrons.